The summed E-state index contributed by atoms with van der Waals surface area (Å²) in [6, 6.07) is 7.70. The van der Waals surface area contributed by atoms with E-state index < -0.39 is 23.9 Å². The Morgan fingerprint density at radius 1 is 0.943 bits per heavy atom. The molecule has 0 radical (unpaired) electrons. The second kappa shape index (κ2) is 10.7. The van der Waals surface area contributed by atoms with Gasteiger partial charge in [0, 0.05) is 18.4 Å². The molecular formula is C26H38N6O3. The lowest BCUT2D eigenvalue weighted by Gasteiger charge is -2.55. The summed E-state index contributed by atoms with van der Waals surface area (Å²) in [6.45, 7) is 0.412. The fraction of sp³-hybridized carbons (Fsp3) is 0.615. The van der Waals surface area contributed by atoms with Gasteiger partial charge in [-0.15, -0.1) is 0 Å². The summed E-state index contributed by atoms with van der Waals surface area (Å²) in [4.78, 5) is 39.0. The molecule has 190 valence electrons. The Morgan fingerprint density at radius 3 is 2.09 bits per heavy atom. The van der Waals surface area contributed by atoms with Crippen LogP contribution in [0.5, 0.6) is 0 Å². The predicted molar refractivity (Wildman–Crippen MR) is 133 cm³/mol. The Kier molecular flexibility index (Phi) is 7.62. The highest BCUT2D eigenvalue weighted by molar-refractivity contribution is 5.93. The van der Waals surface area contributed by atoms with Crippen LogP contribution in [-0.2, 0) is 20.8 Å². The SMILES string of the molecule is N=C(N)NCCCC(NC(=O)C12CC3CC(CC(C3)C1)C2)C(=O)NC(Cc1ccccc1)C(N)=O. The molecule has 8 N–H and O–H groups in total. The minimum Gasteiger partial charge on any atom is -0.370 e. The van der Waals surface area contributed by atoms with E-state index in [1.165, 1.54) is 19.3 Å². The monoisotopic (exact) mass is 482 g/mol. The van der Waals surface area contributed by atoms with Crippen LogP contribution in [0, 0.1) is 28.6 Å². The lowest BCUT2D eigenvalue weighted by Crippen LogP contribution is -2.59. The van der Waals surface area contributed by atoms with Gasteiger partial charge in [0.1, 0.15) is 12.1 Å². The maximum atomic E-state index is 13.6. The molecule has 9 nitrogen and oxygen atoms in total. The average molecular weight is 483 g/mol. The third-order valence-electron chi connectivity index (χ3n) is 8.07. The molecule has 4 saturated carbocycles. The zero-order valence-electron chi connectivity index (χ0n) is 20.2. The highest BCUT2D eigenvalue weighted by Crippen LogP contribution is 2.60. The number of amides is 3. The molecule has 1 aromatic rings. The van der Waals surface area contributed by atoms with Gasteiger partial charge in [-0.3, -0.25) is 19.8 Å². The second-order valence-electron chi connectivity index (χ2n) is 10.9. The summed E-state index contributed by atoms with van der Waals surface area (Å²) >= 11 is 0. The summed E-state index contributed by atoms with van der Waals surface area (Å²) in [5.41, 5.74) is 11.5. The number of nitrogens with two attached hydrogens (primary N) is 2. The van der Waals surface area contributed by atoms with Crippen LogP contribution < -0.4 is 27.4 Å². The molecule has 4 fully saturated rings. The van der Waals surface area contributed by atoms with Crippen LogP contribution in [0.2, 0.25) is 0 Å². The van der Waals surface area contributed by atoms with E-state index in [0.29, 0.717) is 37.1 Å². The van der Waals surface area contributed by atoms with Crippen LogP contribution in [0.1, 0.15) is 56.9 Å². The van der Waals surface area contributed by atoms with Crippen molar-refractivity contribution >= 4 is 23.7 Å². The molecule has 0 aromatic heterocycles. The molecule has 0 saturated heterocycles. The minimum atomic E-state index is -0.876. The van der Waals surface area contributed by atoms with E-state index in [-0.39, 0.29) is 23.7 Å². The van der Waals surface area contributed by atoms with Crippen molar-refractivity contribution in [3.8, 4) is 0 Å². The van der Waals surface area contributed by atoms with E-state index in [2.05, 4.69) is 16.0 Å². The first-order valence-corrected chi connectivity index (χ1v) is 12.8. The van der Waals surface area contributed by atoms with Gasteiger partial charge in [-0.2, -0.15) is 0 Å². The largest absolute Gasteiger partial charge is 0.370 e. The predicted octanol–water partition coefficient (Wildman–Crippen LogP) is 1.16. The Bertz CT molecular complexity index is 914. The van der Waals surface area contributed by atoms with Crippen molar-refractivity contribution in [3.63, 3.8) is 0 Å². The molecule has 0 spiro atoms. The van der Waals surface area contributed by atoms with Gasteiger partial charge in [-0.25, -0.2) is 0 Å². The fourth-order valence-electron chi connectivity index (χ4n) is 6.84. The molecule has 0 heterocycles. The number of rotatable bonds is 11. The van der Waals surface area contributed by atoms with Crippen molar-refractivity contribution < 1.29 is 14.4 Å². The van der Waals surface area contributed by atoms with Gasteiger partial charge >= 0.3 is 0 Å². The van der Waals surface area contributed by atoms with Gasteiger partial charge < -0.3 is 27.4 Å². The second-order valence-corrected chi connectivity index (χ2v) is 10.9. The summed E-state index contributed by atoms with van der Waals surface area (Å²) in [7, 11) is 0. The Hall–Kier alpha value is -3.10. The number of hydrogen-bond acceptors (Lipinski definition) is 4. The summed E-state index contributed by atoms with van der Waals surface area (Å²) in [5.74, 6) is 0.643. The molecular weight excluding hydrogens is 444 g/mol. The third kappa shape index (κ3) is 6.13. The van der Waals surface area contributed by atoms with Crippen LogP contribution >= 0.6 is 0 Å². The molecule has 35 heavy (non-hydrogen) atoms. The van der Waals surface area contributed by atoms with Crippen molar-refractivity contribution in [2.45, 2.75) is 69.9 Å². The van der Waals surface area contributed by atoms with E-state index in [0.717, 1.165) is 24.8 Å². The van der Waals surface area contributed by atoms with Crippen molar-refractivity contribution in [2.24, 2.45) is 34.6 Å². The van der Waals surface area contributed by atoms with Crippen molar-refractivity contribution in [1.29, 1.82) is 5.41 Å². The first kappa shape index (κ1) is 25.0. The smallest absolute Gasteiger partial charge is 0.243 e. The lowest BCUT2D eigenvalue weighted by atomic mass is 9.49. The van der Waals surface area contributed by atoms with Gasteiger partial charge in [0.2, 0.25) is 17.7 Å². The standard InChI is InChI=1S/C26H38N6O3/c27-22(33)21(12-16-5-2-1-3-6-16)31-23(34)20(7-4-8-30-25(28)29)32-24(35)26-13-17-9-18(14-26)11-19(10-17)15-26/h1-3,5-6,17-21H,4,7-15H2,(H2,27,33)(H,31,34)(H,32,35)(H4,28,29,30). The molecule has 1 aromatic carbocycles. The van der Waals surface area contributed by atoms with E-state index in [1.54, 1.807) is 0 Å². The Balaban J connectivity index is 1.44. The van der Waals surface area contributed by atoms with Crippen LogP contribution in [0.3, 0.4) is 0 Å². The molecule has 5 rings (SSSR count). The van der Waals surface area contributed by atoms with E-state index in [9.17, 15) is 14.4 Å². The normalized spacial score (nSPS) is 28.1. The van der Waals surface area contributed by atoms with Crippen LogP contribution in [-0.4, -0.2) is 42.3 Å². The maximum Gasteiger partial charge on any atom is 0.243 e. The molecule has 4 bridgehead atoms. The quantitative estimate of drug-likeness (QED) is 0.158. The fourth-order valence-corrected chi connectivity index (χ4v) is 6.84. The molecule has 4 aliphatic carbocycles. The molecule has 4 aliphatic rings. The molecule has 3 amide bonds. The van der Waals surface area contributed by atoms with Gasteiger partial charge in [0.25, 0.3) is 0 Å². The summed E-state index contributed by atoms with van der Waals surface area (Å²) < 4.78 is 0. The Labute approximate surface area is 206 Å². The van der Waals surface area contributed by atoms with Crippen LogP contribution in [0.25, 0.3) is 0 Å². The maximum absolute atomic E-state index is 13.6. The molecule has 0 aliphatic heterocycles. The molecule has 2 unspecified atom stereocenters. The Morgan fingerprint density at radius 2 is 1.54 bits per heavy atom. The van der Waals surface area contributed by atoms with Gasteiger partial charge in [-0.1, -0.05) is 30.3 Å². The number of guanidine groups is 1. The van der Waals surface area contributed by atoms with Crippen LogP contribution in [0.15, 0.2) is 30.3 Å². The number of primary amides is 1. The number of carbonyl (C=O) groups is 3. The number of carbonyl (C=O) groups excluding carboxylic acids is 3. The molecule has 9 heteroatoms. The zero-order valence-corrected chi connectivity index (χ0v) is 20.2. The highest BCUT2D eigenvalue weighted by Gasteiger charge is 2.55. The van der Waals surface area contributed by atoms with Gasteiger partial charge in [-0.05, 0) is 74.7 Å². The number of benzene rings is 1. The molecule has 2 atom stereocenters. The van der Waals surface area contributed by atoms with Gasteiger partial charge in [0.05, 0.1) is 0 Å². The van der Waals surface area contributed by atoms with E-state index in [1.807, 2.05) is 30.3 Å². The van der Waals surface area contributed by atoms with E-state index >= 15 is 0 Å². The summed E-state index contributed by atoms with van der Waals surface area (Å²) in [5, 5.41) is 15.9. The number of hydrogen-bond donors (Lipinski definition) is 6. The lowest BCUT2D eigenvalue weighted by molar-refractivity contribution is -0.148. The first-order valence-electron chi connectivity index (χ1n) is 12.8. The minimum absolute atomic E-state index is 0.0324. The summed E-state index contributed by atoms with van der Waals surface area (Å²) in [6.07, 6.45) is 7.57. The van der Waals surface area contributed by atoms with Crippen molar-refractivity contribution in [1.82, 2.24) is 16.0 Å². The third-order valence-corrected chi connectivity index (χ3v) is 8.07. The van der Waals surface area contributed by atoms with E-state index in [4.69, 9.17) is 16.9 Å². The number of nitrogens with one attached hydrogen (secondary N) is 4. The highest BCUT2D eigenvalue weighted by atomic mass is 16.2. The average Bonchev–Trinajstić information content (AvgIpc) is 2.80. The van der Waals surface area contributed by atoms with Crippen LogP contribution in [0.4, 0.5) is 0 Å². The van der Waals surface area contributed by atoms with Crippen molar-refractivity contribution in [3.05, 3.63) is 35.9 Å². The first-order chi connectivity index (χ1) is 16.7. The topological polar surface area (TPSA) is 163 Å². The van der Waals surface area contributed by atoms with Crippen molar-refractivity contribution in [2.75, 3.05) is 6.54 Å². The van der Waals surface area contributed by atoms with Gasteiger partial charge in [0.15, 0.2) is 5.96 Å². The zero-order chi connectivity index (χ0) is 25.0.